The van der Waals surface area contributed by atoms with E-state index in [-0.39, 0.29) is 11.5 Å². The molecule has 0 atom stereocenters. The fraction of sp³-hybridized carbons (Fsp3) is 0.0769. The van der Waals surface area contributed by atoms with Gasteiger partial charge in [0.05, 0.1) is 11.0 Å². The van der Waals surface area contributed by atoms with E-state index in [1.807, 2.05) is 0 Å². The number of non-ortho nitro benzene ring substituents is 1. The highest BCUT2D eigenvalue weighted by Crippen LogP contribution is 2.26. The van der Waals surface area contributed by atoms with Crippen molar-refractivity contribution in [3.63, 3.8) is 0 Å². The second kappa shape index (κ2) is 4.83. The summed E-state index contributed by atoms with van der Waals surface area (Å²) in [4.78, 5) is 10.1. The Morgan fingerprint density at radius 3 is 2.56 bits per heavy atom. The molecule has 2 rings (SSSR count). The van der Waals surface area contributed by atoms with Gasteiger partial charge in [0.15, 0.2) is 0 Å². The molecule has 0 aliphatic heterocycles. The fourth-order valence-electron chi connectivity index (χ4n) is 1.48. The molecule has 0 aliphatic carbocycles. The summed E-state index contributed by atoms with van der Waals surface area (Å²) in [5.74, 6) is 0.464. The van der Waals surface area contributed by atoms with Crippen LogP contribution in [0.5, 0.6) is 11.5 Å². The van der Waals surface area contributed by atoms with E-state index in [0.717, 1.165) is 0 Å². The maximum absolute atomic E-state index is 13.1. The van der Waals surface area contributed by atoms with Gasteiger partial charge in [0.1, 0.15) is 17.3 Å². The van der Waals surface area contributed by atoms with E-state index in [0.29, 0.717) is 17.1 Å². The molecule has 0 aliphatic rings. The Hall–Kier alpha value is -2.43. The second-order valence-electron chi connectivity index (χ2n) is 3.77. The largest absolute Gasteiger partial charge is 0.457 e. The first kappa shape index (κ1) is 12.0. The minimum atomic E-state index is -0.497. The molecule has 0 radical (unpaired) electrons. The van der Waals surface area contributed by atoms with Gasteiger partial charge in [-0.15, -0.1) is 0 Å². The third-order valence-corrected chi connectivity index (χ3v) is 2.39. The summed E-state index contributed by atoms with van der Waals surface area (Å²) >= 11 is 0. The number of nitro groups is 1. The third-order valence-electron chi connectivity index (χ3n) is 2.39. The number of benzene rings is 2. The molecule has 5 heteroatoms. The average Bonchev–Trinajstić information content (AvgIpc) is 2.34. The quantitative estimate of drug-likeness (QED) is 0.611. The van der Waals surface area contributed by atoms with E-state index >= 15 is 0 Å². The van der Waals surface area contributed by atoms with Crippen molar-refractivity contribution >= 4 is 5.69 Å². The van der Waals surface area contributed by atoms with Crippen LogP contribution in [0, 0.1) is 22.9 Å². The summed E-state index contributed by atoms with van der Waals surface area (Å²) in [5, 5.41) is 10.6. The van der Waals surface area contributed by atoms with E-state index in [4.69, 9.17) is 4.74 Å². The van der Waals surface area contributed by atoms with Crippen molar-refractivity contribution in [3.05, 3.63) is 64.0 Å². The van der Waals surface area contributed by atoms with Crippen LogP contribution >= 0.6 is 0 Å². The Morgan fingerprint density at radius 1 is 1.17 bits per heavy atom. The van der Waals surface area contributed by atoms with E-state index in [9.17, 15) is 14.5 Å². The molecule has 18 heavy (non-hydrogen) atoms. The Kier molecular flexibility index (Phi) is 3.23. The molecule has 0 unspecified atom stereocenters. The number of nitro benzene ring substituents is 1. The molecule has 92 valence electrons. The van der Waals surface area contributed by atoms with Gasteiger partial charge >= 0.3 is 0 Å². The predicted octanol–water partition coefficient (Wildman–Crippen LogP) is 3.83. The topological polar surface area (TPSA) is 52.4 Å². The highest BCUT2D eigenvalue weighted by atomic mass is 19.1. The number of rotatable bonds is 3. The first-order valence-electron chi connectivity index (χ1n) is 5.25. The lowest BCUT2D eigenvalue weighted by atomic mass is 10.2. The normalized spacial score (nSPS) is 10.1. The van der Waals surface area contributed by atoms with Crippen molar-refractivity contribution in [1.82, 2.24) is 0 Å². The van der Waals surface area contributed by atoms with Crippen LogP contribution in [-0.4, -0.2) is 4.92 Å². The van der Waals surface area contributed by atoms with Gasteiger partial charge in [-0.1, -0.05) is 6.07 Å². The molecule has 0 saturated heterocycles. The molecule has 0 N–H and O–H groups in total. The monoisotopic (exact) mass is 247 g/mol. The molecule has 0 saturated carbocycles. The lowest BCUT2D eigenvalue weighted by Gasteiger charge is -2.06. The molecule has 0 heterocycles. The summed E-state index contributed by atoms with van der Waals surface area (Å²) in [6.45, 7) is 1.62. The SMILES string of the molecule is Cc1cc(Oc2cccc([N+](=O)[O-])c2)ccc1F. The van der Waals surface area contributed by atoms with Crippen LogP contribution in [0.3, 0.4) is 0 Å². The Morgan fingerprint density at radius 2 is 1.89 bits per heavy atom. The van der Waals surface area contributed by atoms with Crippen LogP contribution in [-0.2, 0) is 0 Å². The van der Waals surface area contributed by atoms with Gasteiger partial charge in [0.2, 0.25) is 0 Å². The Balaban J connectivity index is 2.25. The van der Waals surface area contributed by atoms with Crippen LogP contribution in [0.1, 0.15) is 5.56 Å². The van der Waals surface area contributed by atoms with Gasteiger partial charge < -0.3 is 4.74 Å². The van der Waals surface area contributed by atoms with Crippen LogP contribution in [0.15, 0.2) is 42.5 Å². The Bertz CT molecular complexity index is 599. The summed E-state index contributed by atoms with van der Waals surface area (Å²) in [7, 11) is 0. The number of nitrogens with zero attached hydrogens (tertiary/aromatic N) is 1. The highest BCUT2D eigenvalue weighted by Gasteiger charge is 2.07. The van der Waals surface area contributed by atoms with E-state index in [1.54, 1.807) is 13.0 Å². The van der Waals surface area contributed by atoms with Crippen LogP contribution < -0.4 is 4.74 Å². The number of hydrogen-bond acceptors (Lipinski definition) is 3. The molecule has 2 aromatic carbocycles. The maximum Gasteiger partial charge on any atom is 0.273 e. The highest BCUT2D eigenvalue weighted by molar-refractivity contribution is 5.41. The van der Waals surface area contributed by atoms with Crippen LogP contribution in [0.25, 0.3) is 0 Å². The van der Waals surface area contributed by atoms with Crippen molar-refractivity contribution in [1.29, 1.82) is 0 Å². The maximum atomic E-state index is 13.1. The summed E-state index contributed by atoms with van der Waals surface area (Å²) in [5.41, 5.74) is 0.407. The predicted molar refractivity (Wildman–Crippen MR) is 64.3 cm³/mol. The van der Waals surface area contributed by atoms with Crippen LogP contribution in [0.2, 0.25) is 0 Å². The number of hydrogen-bond donors (Lipinski definition) is 0. The zero-order valence-corrected chi connectivity index (χ0v) is 9.59. The van der Waals surface area contributed by atoms with E-state index < -0.39 is 4.92 Å². The van der Waals surface area contributed by atoms with Gasteiger partial charge in [0, 0.05) is 6.07 Å². The van der Waals surface area contributed by atoms with Gasteiger partial charge in [-0.2, -0.15) is 0 Å². The van der Waals surface area contributed by atoms with Gasteiger partial charge in [0.25, 0.3) is 5.69 Å². The minimum Gasteiger partial charge on any atom is -0.457 e. The standard InChI is InChI=1S/C13H10FNO3/c1-9-7-12(5-6-13(9)14)18-11-4-2-3-10(8-11)15(16)17/h2-8H,1H3. The molecular formula is C13H10FNO3. The zero-order chi connectivity index (χ0) is 13.1. The van der Waals surface area contributed by atoms with Gasteiger partial charge in [-0.3, -0.25) is 10.1 Å². The van der Waals surface area contributed by atoms with E-state index in [2.05, 4.69) is 0 Å². The van der Waals surface area contributed by atoms with Crippen molar-refractivity contribution in [2.45, 2.75) is 6.92 Å². The van der Waals surface area contributed by atoms with Crippen molar-refractivity contribution in [2.75, 3.05) is 0 Å². The number of ether oxygens (including phenoxy) is 1. The first-order chi connectivity index (χ1) is 8.56. The molecular weight excluding hydrogens is 237 g/mol. The van der Waals surface area contributed by atoms with Crippen molar-refractivity contribution < 1.29 is 14.1 Å². The van der Waals surface area contributed by atoms with Crippen molar-refractivity contribution in [2.24, 2.45) is 0 Å². The number of aryl methyl sites for hydroxylation is 1. The summed E-state index contributed by atoms with van der Waals surface area (Å²) in [6.07, 6.45) is 0. The van der Waals surface area contributed by atoms with Gasteiger partial charge in [-0.05, 0) is 36.8 Å². The lowest BCUT2D eigenvalue weighted by molar-refractivity contribution is -0.384. The molecule has 2 aromatic rings. The van der Waals surface area contributed by atoms with E-state index in [1.165, 1.54) is 36.4 Å². The molecule has 0 aromatic heterocycles. The minimum absolute atomic E-state index is 0.0497. The molecule has 0 fully saturated rings. The van der Waals surface area contributed by atoms with Crippen molar-refractivity contribution in [3.8, 4) is 11.5 Å². The Labute approximate surface area is 103 Å². The third kappa shape index (κ3) is 2.63. The molecule has 0 spiro atoms. The van der Waals surface area contributed by atoms with Crippen LogP contribution in [0.4, 0.5) is 10.1 Å². The summed E-state index contributed by atoms with van der Waals surface area (Å²) < 4.78 is 18.5. The smallest absolute Gasteiger partial charge is 0.273 e. The lowest BCUT2D eigenvalue weighted by Crippen LogP contribution is -1.90. The first-order valence-corrected chi connectivity index (χ1v) is 5.25. The second-order valence-corrected chi connectivity index (χ2v) is 3.77. The molecule has 0 bridgehead atoms. The fourth-order valence-corrected chi connectivity index (χ4v) is 1.48. The average molecular weight is 247 g/mol. The van der Waals surface area contributed by atoms with Gasteiger partial charge in [-0.25, -0.2) is 4.39 Å². The number of halogens is 1. The molecule has 4 nitrogen and oxygen atoms in total. The summed E-state index contributed by atoms with van der Waals surface area (Å²) in [6, 6.07) is 10.1. The zero-order valence-electron chi connectivity index (χ0n) is 9.59. The molecule has 0 amide bonds.